The lowest BCUT2D eigenvalue weighted by Gasteiger charge is -2.19. The number of hydrogen-bond acceptors (Lipinski definition) is 10. The number of rotatable bonds is 16. The number of carbonyl (C=O) groups is 3. The molecule has 2 amide bonds. The number of halogens is 3. The number of pyridine rings is 1. The van der Waals surface area contributed by atoms with Crippen LogP contribution in [0.25, 0.3) is 33.3 Å². The summed E-state index contributed by atoms with van der Waals surface area (Å²) in [5.41, 5.74) is 10.2. The number of aryl methyl sites for hydroxylation is 1. The Morgan fingerprint density at radius 1 is 1.05 bits per heavy atom. The maximum atomic E-state index is 13.6. The van der Waals surface area contributed by atoms with Crippen LogP contribution in [0.3, 0.4) is 0 Å². The zero-order chi connectivity index (χ0) is 41.5. The smallest absolute Gasteiger partial charge is 0.338 e. The lowest BCUT2D eigenvalue weighted by molar-refractivity contribution is -0.132. The van der Waals surface area contributed by atoms with Gasteiger partial charge in [-0.3, -0.25) is 19.0 Å². The van der Waals surface area contributed by atoms with Gasteiger partial charge in [0.1, 0.15) is 29.2 Å². The van der Waals surface area contributed by atoms with Crippen LogP contribution in [0.5, 0.6) is 5.75 Å². The highest BCUT2D eigenvalue weighted by Gasteiger charge is 2.25. The summed E-state index contributed by atoms with van der Waals surface area (Å²) in [7, 11) is -1.00. The number of aliphatic hydroxyl groups excluding tert-OH is 1. The topological polar surface area (TPSA) is 191 Å². The first-order chi connectivity index (χ1) is 27.8. The van der Waals surface area contributed by atoms with Gasteiger partial charge < -0.3 is 30.5 Å². The van der Waals surface area contributed by atoms with Gasteiger partial charge in [-0.1, -0.05) is 30.3 Å². The van der Waals surface area contributed by atoms with Crippen molar-refractivity contribution in [3.05, 3.63) is 89.9 Å². The van der Waals surface area contributed by atoms with E-state index in [1.807, 2.05) is 0 Å². The number of amides is 2. The Kier molecular flexibility index (Phi) is 13.3. The lowest BCUT2D eigenvalue weighted by atomic mass is 10.0. The largest absolute Gasteiger partial charge is 0.484 e. The fourth-order valence-corrected chi connectivity index (χ4v) is 6.98. The van der Waals surface area contributed by atoms with Gasteiger partial charge in [0, 0.05) is 43.9 Å². The molecule has 5 aromatic rings. The fourth-order valence-electron chi connectivity index (χ4n) is 6.51. The number of nitrogens with one attached hydrogen (secondary N) is 2. The second-order valence-corrected chi connectivity index (χ2v) is 14.8. The summed E-state index contributed by atoms with van der Waals surface area (Å²) < 4.78 is 67.7. The van der Waals surface area contributed by atoms with E-state index in [1.165, 1.54) is 35.2 Å². The van der Waals surface area contributed by atoms with Crippen molar-refractivity contribution in [3.8, 4) is 28.1 Å². The molecule has 3 aromatic carbocycles. The number of hydrogen-bond donors (Lipinski definition) is 4. The number of alkyl halides is 2. The Hall–Kier alpha value is -6.01. The van der Waals surface area contributed by atoms with Gasteiger partial charge in [-0.05, 0) is 73.7 Å². The van der Waals surface area contributed by atoms with Crippen LogP contribution < -0.4 is 20.5 Å². The number of β-amino-alcohol motifs (C(OH)–C–C–N with tert-alkyl or cyclic N) is 1. The Balaban J connectivity index is 1.13. The van der Waals surface area contributed by atoms with Crippen LogP contribution in [0.2, 0.25) is 0 Å². The van der Waals surface area contributed by atoms with Gasteiger partial charge in [0.25, 0.3) is 0 Å². The molecule has 306 valence electrons. The van der Waals surface area contributed by atoms with E-state index in [2.05, 4.69) is 15.0 Å². The molecule has 6 rings (SSSR count). The van der Waals surface area contributed by atoms with Crippen molar-refractivity contribution in [1.29, 1.82) is 0 Å². The summed E-state index contributed by atoms with van der Waals surface area (Å²) in [6.45, 7) is 2.41. The third-order valence-corrected chi connectivity index (χ3v) is 10.3. The monoisotopic (exact) mass is 821 g/mol. The minimum Gasteiger partial charge on any atom is -0.484 e. The van der Waals surface area contributed by atoms with E-state index in [0.717, 1.165) is 0 Å². The number of unbranched alkanes of at least 4 members (excludes halogenated alkanes) is 1. The molecular weight excluding hydrogens is 780 g/mol. The average molecular weight is 822 g/mol. The average Bonchev–Trinajstić information content (AvgIpc) is 3.81. The van der Waals surface area contributed by atoms with Gasteiger partial charge in [0.15, 0.2) is 11.0 Å². The van der Waals surface area contributed by atoms with Crippen LogP contribution in [-0.4, -0.2) is 84.9 Å². The van der Waals surface area contributed by atoms with Crippen LogP contribution >= 0.6 is 0 Å². The predicted octanol–water partition coefficient (Wildman–Crippen LogP) is 5.50. The van der Waals surface area contributed by atoms with Gasteiger partial charge in [-0.15, -0.1) is 0 Å². The summed E-state index contributed by atoms with van der Waals surface area (Å²) in [6.07, 6.45) is 1.99. The first kappa shape index (κ1) is 41.6. The Morgan fingerprint density at radius 2 is 1.78 bits per heavy atom. The van der Waals surface area contributed by atoms with Gasteiger partial charge in [0.2, 0.25) is 11.8 Å². The van der Waals surface area contributed by atoms with E-state index in [0.29, 0.717) is 70.2 Å². The molecule has 0 bridgehead atoms. The van der Waals surface area contributed by atoms with Gasteiger partial charge in [-0.25, -0.2) is 18.4 Å². The number of carbonyl (C=O) groups excluding carboxylic acids is 3. The van der Waals surface area contributed by atoms with Crippen molar-refractivity contribution in [3.63, 3.8) is 0 Å². The summed E-state index contributed by atoms with van der Waals surface area (Å²) in [4.78, 5) is 43.0. The third kappa shape index (κ3) is 9.92. The van der Waals surface area contributed by atoms with Gasteiger partial charge >= 0.3 is 11.7 Å². The maximum absolute atomic E-state index is 13.6. The Bertz CT molecular complexity index is 2310. The molecule has 1 aliphatic rings. The molecule has 2 unspecified atom stereocenters. The minimum atomic E-state index is -3.16. The summed E-state index contributed by atoms with van der Waals surface area (Å²) in [6, 6.07) is 16.9. The van der Waals surface area contributed by atoms with Crippen LogP contribution in [0, 0.1) is 5.82 Å². The van der Waals surface area contributed by atoms with E-state index in [9.17, 15) is 36.9 Å². The summed E-state index contributed by atoms with van der Waals surface area (Å²) in [5.74, 6) is -4.41. The van der Waals surface area contributed by atoms with Crippen molar-refractivity contribution in [2.45, 2.75) is 50.6 Å². The minimum absolute atomic E-state index is 0.0371. The molecule has 0 saturated carbocycles. The third-order valence-electron chi connectivity index (χ3n) is 9.58. The number of fused-ring (bicyclic) bond motifs is 1. The molecule has 3 atom stereocenters. The van der Waals surface area contributed by atoms with Crippen molar-refractivity contribution in [1.82, 2.24) is 25.0 Å². The van der Waals surface area contributed by atoms with Gasteiger partial charge in [-0.2, -0.15) is 13.9 Å². The molecule has 1 saturated heterocycles. The first-order valence-corrected chi connectivity index (χ1v) is 19.6. The number of aliphatic hydroxyl groups is 1. The first-order valence-electron chi connectivity index (χ1n) is 18.4. The molecule has 1 aliphatic heterocycles. The number of esters is 1. The molecule has 14 nitrogen and oxygen atoms in total. The second kappa shape index (κ2) is 18.5. The van der Waals surface area contributed by atoms with Gasteiger partial charge in [0.05, 0.1) is 41.4 Å². The Labute approximate surface area is 334 Å². The highest BCUT2D eigenvalue weighted by Crippen LogP contribution is 2.40. The van der Waals surface area contributed by atoms with E-state index < -0.39 is 40.7 Å². The molecule has 5 N–H and O–H groups in total. The number of aromatic nitrogens is 3. The SMILES string of the molecule is C[C@H](Oc1cc(-c2nn(C)c3c(-c4ccc(C(=O)OCCCCC(=O)NCC(=O)N5CCC(O)C5)cc4)cnc(N)c23)ccc1NS(=O)C(F)F)c1ccc(F)cc1. The quantitative estimate of drug-likeness (QED) is 0.0731. The van der Waals surface area contributed by atoms with E-state index >= 15 is 0 Å². The molecule has 0 spiro atoms. The van der Waals surface area contributed by atoms with Crippen LogP contribution in [0.15, 0.2) is 72.9 Å². The second-order valence-electron chi connectivity index (χ2n) is 13.7. The Morgan fingerprint density at radius 3 is 2.47 bits per heavy atom. The number of nitrogens with zero attached hydrogens (tertiary/aromatic N) is 4. The lowest BCUT2D eigenvalue weighted by Crippen LogP contribution is -2.39. The molecule has 1 fully saturated rings. The summed E-state index contributed by atoms with van der Waals surface area (Å²) >= 11 is 0. The van der Waals surface area contributed by atoms with E-state index in [4.69, 9.17) is 20.3 Å². The van der Waals surface area contributed by atoms with Crippen molar-refractivity contribution >= 4 is 51.2 Å². The van der Waals surface area contributed by atoms with Crippen LogP contribution in [0.1, 0.15) is 54.6 Å². The number of likely N-dealkylation sites (tertiary alicyclic amines) is 1. The zero-order valence-electron chi connectivity index (χ0n) is 31.6. The molecule has 58 heavy (non-hydrogen) atoms. The summed E-state index contributed by atoms with van der Waals surface area (Å²) in [5, 5.41) is 17.4. The van der Waals surface area contributed by atoms with E-state index in [-0.39, 0.29) is 55.2 Å². The number of anilines is 2. The number of benzene rings is 3. The maximum Gasteiger partial charge on any atom is 0.338 e. The highest BCUT2D eigenvalue weighted by molar-refractivity contribution is 7.86. The zero-order valence-corrected chi connectivity index (χ0v) is 32.4. The molecule has 2 aromatic heterocycles. The van der Waals surface area contributed by atoms with Crippen molar-refractivity contribution in [2.24, 2.45) is 7.05 Å². The predicted molar refractivity (Wildman–Crippen MR) is 211 cm³/mol. The van der Waals surface area contributed by atoms with Crippen LogP contribution in [-0.2, 0) is 32.4 Å². The van der Waals surface area contributed by atoms with Crippen LogP contribution in [0.4, 0.5) is 24.7 Å². The number of ether oxygens (including phenoxy) is 2. The van der Waals surface area contributed by atoms with Crippen molar-refractivity contribution < 1.29 is 46.3 Å². The number of nitrogen functional groups attached to an aromatic ring is 1. The molecule has 0 radical (unpaired) electrons. The standard InChI is InChI=1S/C40H42F3N7O7S/c1-23(24-10-13-28(41)14-11-24)57-32-19-27(12-15-31(32)48-58(55)40(42)43)36-35-37(49(2)47-36)30(20-46-38(35)44)25-6-8-26(9-7-25)39(54)56-18-4-3-5-33(52)45-21-34(53)50-17-16-29(51)22-50/h6-15,19-20,23,29,40,48,51H,3-5,16-18,21-22H2,1-2H3,(H2,44,46)(H,45,52)/t23-,29?,58?/m0/s1. The highest BCUT2D eigenvalue weighted by atomic mass is 32.2. The fraction of sp³-hybridized carbons (Fsp3) is 0.325. The molecular formula is C40H42F3N7O7S. The van der Waals surface area contributed by atoms with Crippen molar-refractivity contribution in [2.75, 3.05) is 36.7 Å². The normalized spacial score (nSPS) is 15.0. The number of nitrogens with two attached hydrogens (primary N) is 1. The van der Waals surface area contributed by atoms with E-state index in [1.54, 1.807) is 61.2 Å². The molecule has 3 heterocycles. The molecule has 18 heteroatoms. The molecule has 0 aliphatic carbocycles.